The third-order valence-corrected chi connectivity index (χ3v) is 7.51. The fraction of sp³-hybridized carbons (Fsp3) is 0.147. The molecule has 0 amide bonds. The van der Waals surface area contributed by atoms with Crippen molar-refractivity contribution in [3.8, 4) is 22.5 Å². The van der Waals surface area contributed by atoms with Gasteiger partial charge >= 0.3 is 0 Å². The van der Waals surface area contributed by atoms with Crippen LogP contribution in [-0.2, 0) is 25.5 Å². The maximum Gasteiger partial charge on any atom is 0.123 e. The van der Waals surface area contributed by atoms with Gasteiger partial charge in [0.25, 0.3) is 0 Å². The molecular weight excluding hydrogens is 691 g/mol. The summed E-state index contributed by atoms with van der Waals surface area (Å²) in [6, 6.07) is 32.6. The maximum atomic E-state index is 6.27. The van der Waals surface area contributed by atoms with Crippen molar-refractivity contribution in [2.45, 2.75) is 33.1 Å². The molecule has 0 aliphatic rings. The number of aryl methyl sites for hydroxylation is 1. The Balaban J connectivity index is 0.000000209. The van der Waals surface area contributed by atoms with Crippen molar-refractivity contribution < 1.29 is 24.5 Å². The Kier molecular flexibility index (Phi) is 7.95. The second-order valence-electron chi connectivity index (χ2n) is 10.4. The minimum atomic E-state index is 0. The van der Waals surface area contributed by atoms with Crippen LogP contribution in [0.3, 0.4) is 0 Å². The van der Waals surface area contributed by atoms with Crippen LogP contribution in [0.15, 0.2) is 95.7 Å². The zero-order chi connectivity index (χ0) is 27.0. The summed E-state index contributed by atoms with van der Waals surface area (Å²) in [5.41, 5.74) is 7.79. The molecule has 4 heterocycles. The average molecular weight is 718 g/mol. The summed E-state index contributed by atoms with van der Waals surface area (Å²) in [6.07, 6.45) is 3.66. The number of aromatic nitrogens is 3. The SMILES string of the molecule is Cc1nc2cc3oc4c(-c5cc(C(C)(C)C)ccn5)[c-]ccc4c3cc2s1.[Ir].[c-]1ccccc1-c1ccccn1. The summed E-state index contributed by atoms with van der Waals surface area (Å²) < 4.78 is 7.46. The van der Waals surface area contributed by atoms with Crippen LogP contribution in [0, 0.1) is 19.1 Å². The number of furan rings is 1. The fourth-order valence-electron chi connectivity index (χ4n) is 4.58. The first kappa shape index (κ1) is 27.9. The van der Waals surface area contributed by atoms with E-state index in [-0.39, 0.29) is 25.5 Å². The van der Waals surface area contributed by atoms with Gasteiger partial charge < -0.3 is 14.4 Å². The van der Waals surface area contributed by atoms with Crippen LogP contribution in [-0.4, -0.2) is 15.0 Å². The van der Waals surface area contributed by atoms with Crippen molar-refractivity contribution in [1.29, 1.82) is 0 Å². The van der Waals surface area contributed by atoms with E-state index in [4.69, 9.17) is 4.42 Å². The first-order chi connectivity index (χ1) is 18.9. The van der Waals surface area contributed by atoms with Crippen LogP contribution in [0.5, 0.6) is 0 Å². The minimum Gasteiger partial charge on any atom is -0.501 e. The van der Waals surface area contributed by atoms with E-state index in [2.05, 4.69) is 72.1 Å². The molecule has 0 aliphatic carbocycles. The number of thiazole rings is 1. The quantitative estimate of drug-likeness (QED) is 0.168. The van der Waals surface area contributed by atoms with Crippen molar-refractivity contribution in [3.63, 3.8) is 0 Å². The Hall–Kier alpha value is -3.70. The molecule has 0 unspecified atom stereocenters. The minimum absolute atomic E-state index is 0. The summed E-state index contributed by atoms with van der Waals surface area (Å²) in [7, 11) is 0. The molecule has 0 saturated heterocycles. The summed E-state index contributed by atoms with van der Waals surface area (Å²) in [6.45, 7) is 8.66. The van der Waals surface area contributed by atoms with E-state index in [1.165, 1.54) is 10.3 Å². The molecule has 7 aromatic rings. The Labute approximate surface area is 251 Å². The molecule has 6 heteroatoms. The number of hydrogen-bond donors (Lipinski definition) is 0. The van der Waals surface area contributed by atoms with Crippen LogP contribution in [0.4, 0.5) is 0 Å². The first-order valence-electron chi connectivity index (χ1n) is 12.9. The van der Waals surface area contributed by atoms with Gasteiger partial charge in [0.15, 0.2) is 0 Å². The summed E-state index contributed by atoms with van der Waals surface area (Å²) in [5, 5.41) is 3.28. The Morgan fingerprint density at radius 2 is 1.62 bits per heavy atom. The van der Waals surface area contributed by atoms with E-state index in [0.717, 1.165) is 55.0 Å². The van der Waals surface area contributed by atoms with Gasteiger partial charge in [-0.2, -0.15) is 0 Å². The number of pyridine rings is 2. The van der Waals surface area contributed by atoms with Crippen molar-refractivity contribution in [2.75, 3.05) is 0 Å². The van der Waals surface area contributed by atoms with Gasteiger partial charge in [0.2, 0.25) is 0 Å². The molecule has 7 rings (SSSR count). The van der Waals surface area contributed by atoms with Gasteiger partial charge in [0, 0.05) is 44.0 Å². The van der Waals surface area contributed by atoms with Gasteiger partial charge in [-0.15, -0.1) is 65.4 Å². The molecule has 0 spiro atoms. The van der Waals surface area contributed by atoms with Gasteiger partial charge in [-0.25, -0.2) is 4.98 Å². The number of fused-ring (bicyclic) bond motifs is 4. The number of nitrogens with zero attached hydrogens (tertiary/aromatic N) is 3. The number of hydrogen-bond acceptors (Lipinski definition) is 5. The van der Waals surface area contributed by atoms with E-state index in [9.17, 15) is 0 Å². The molecule has 4 nitrogen and oxygen atoms in total. The monoisotopic (exact) mass is 718 g/mol. The van der Waals surface area contributed by atoms with Gasteiger partial charge in [0.1, 0.15) is 5.58 Å². The van der Waals surface area contributed by atoms with Crippen molar-refractivity contribution in [2.24, 2.45) is 0 Å². The van der Waals surface area contributed by atoms with E-state index < -0.39 is 0 Å². The predicted molar refractivity (Wildman–Crippen MR) is 161 cm³/mol. The number of rotatable bonds is 2. The molecule has 1 radical (unpaired) electrons. The third kappa shape index (κ3) is 5.62. The van der Waals surface area contributed by atoms with Crippen molar-refractivity contribution in [1.82, 2.24) is 15.0 Å². The Bertz CT molecular complexity index is 1870. The van der Waals surface area contributed by atoms with Crippen molar-refractivity contribution >= 4 is 43.5 Å². The zero-order valence-corrected chi connectivity index (χ0v) is 25.9. The number of benzene rings is 3. The van der Waals surface area contributed by atoms with Gasteiger partial charge in [-0.05, 0) is 47.5 Å². The molecule has 0 bridgehead atoms. The molecule has 0 saturated carbocycles. The molecular formula is C34H27IrN3OS-2. The maximum absolute atomic E-state index is 6.27. The molecule has 3 aromatic carbocycles. The molecule has 4 aromatic heterocycles. The molecule has 0 N–H and O–H groups in total. The molecule has 0 fully saturated rings. The Morgan fingerprint density at radius 1 is 0.800 bits per heavy atom. The van der Waals surface area contributed by atoms with Gasteiger partial charge in [-0.1, -0.05) is 49.9 Å². The predicted octanol–water partition coefficient (Wildman–Crippen LogP) is 9.21. The largest absolute Gasteiger partial charge is 0.501 e. The summed E-state index contributed by atoms with van der Waals surface area (Å²) in [5.74, 6) is 0. The van der Waals surface area contributed by atoms with Crippen LogP contribution >= 0.6 is 11.3 Å². The average Bonchev–Trinajstić information content (AvgIpc) is 3.50. The first-order valence-corrected chi connectivity index (χ1v) is 13.7. The van der Waals surface area contributed by atoms with Crippen LogP contribution < -0.4 is 0 Å². The second-order valence-corrected chi connectivity index (χ2v) is 11.7. The third-order valence-electron chi connectivity index (χ3n) is 6.58. The van der Waals surface area contributed by atoms with E-state index in [1.54, 1.807) is 17.5 Å². The van der Waals surface area contributed by atoms with Crippen molar-refractivity contribution in [3.05, 3.63) is 114 Å². The van der Waals surface area contributed by atoms with Crippen LogP contribution in [0.25, 0.3) is 54.7 Å². The van der Waals surface area contributed by atoms with Crippen LogP contribution in [0.1, 0.15) is 31.3 Å². The topological polar surface area (TPSA) is 51.8 Å². The molecule has 40 heavy (non-hydrogen) atoms. The fourth-order valence-corrected chi connectivity index (χ4v) is 5.42. The molecule has 201 valence electrons. The van der Waals surface area contributed by atoms with E-state index in [0.29, 0.717) is 0 Å². The smallest absolute Gasteiger partial charge is 0.123 e. The van der Waals surface area contributed by atoms with E-state index in [1.807, 2.05) is 67.7 Å². The normalized spacial score (nSPS) is 11.3. The van der Waals surface area contributed by atoms with Gasteiger partial charge in [-0.3, -0.25) is 0 Å². The van der Waals surface area contributed by atoms with Crippen LogP contribution in [0.2, 0.25) is 0 Å². The van der Waals surface area contributed by atoms with E-state index >= 15 is 0 Å². The zero-order valence-electron chi connectivity index (χ0n) is 22.7. The second kappa shape index (κ2) is 11.4. The summed E-state index contributed by atoms with van der Waals surface area (Å²) >= 11 is 1.71. The molecule has 0 aliphatic heterocycles. The standard InChI is InChI=1S/C23H19N2OS.C11H8N.Ir/c1-13-25-19-12-20-17(11-21(19)27-13)15-6-5-7-16(22(15)26-20)18-10-14(8-9-24-18)23(2,3)4;1-2-6-10(7-3-1)11-8-4-5-9-12-11;/h5-6,8-12H,1-4H3;1-6,8-9H;/q2*-1;. The Morgan fingerprint density at radius 3 is 2.38 bits per heavy atom. The molecule has 0 atom stereocenters. The summed E-state index contributed by atoms with van der Waals surface area (Å²) in [4.78, 5) is 13.4. The van der Waals surface area contributed by atoms with Gasteiger partial charge in [0.05, 0.1) is 20.8 Å².